The molecule has 0 spiro atoms. The number of nitrogens with zero attached hydrogens (tertiary/aromatic N) is 2. The Kier molecular flexibility index (Phi) is 11.7. The smallest absolute Gasteiger partial charge is 0.358 e. The Morgan fingerprint density at radius 3 is 2.10 bits per heavy atom. The first-order valence-corrected chi connectivity index (χ1v) is 6.26. The van der Waals surface area contributed by atoms with Gasteiger partial charge in [-0.1, -0.05) is 50.2 Å². The molecule has 0 radical (unpaired) electrons. The van der Waals surface area contributed by atoms with Crippen LogP contribution >= 0.6 is 0 Å². The molecule has 0 N–H and O–H groups in total. The second-order valence-electron chi connectivity index (χ2n) is 4.63. The van der Waals surface area contributed by atoms with Crippen molar-refractivity contribution < 1.29 is 17.1 Å². The largest absolute Gasteiger partial charge is 2.00 e. The van der Waals surface area contributed by atoms with Gasteiger partial charge in [0.25, 0.3) is 0 Å². The zero-order chi connectivity index (χ0) is 12.8. The predicted octanol–water partition coefficient (Wildman–Crippen LogP) is 4.80. The maximum absolute atomic E-state index is 4.68. The van der Waals surface area contributed by atoms with Crippen LogP contribution in [0.1, 0.15) is 31.1 Å². The third kappa shape index (κ3) is 6.70. The number of aliphatic imine (C=N–C) groups is 1. The molecule has 21 heavy (non-hydrogen) atoms. The van der Waals surface area contributed by atoms with Gasteiger partial charge in [0.15, 0.2) is 0 Å². The number of aromatic nitrogens is 1. The topological polar surface area (TPSA) is 25.2 Å². The Bertz CT molecular complexity index is 495. The fourth-order valence-electron chi connectivity index (χ4n) is 1.90. The molecular weight excluding hydrogens is 300 g/mol. The molecule has 1 heterocycles. The molecule has 2 aromatic rings. The maximum Gasteiger partial charge on any atom is 2.00 e. The molecule has 1 aromatic heterocycles. The third-order valence-electron chi connectivity index (χ3n) is 2.83. The Morgan fingerprint density at radius 1 is 0.952 bits per heavy atom. The van der Waals surface area contributed by atoms with Crippen molar-refractivity contribution in [1.82, 2.24) is 4.98 Å². The minimum absolute atomic E-state index is 0. The van der Waals surface area contributed by atoms with Gasteiger partial charge in [0, 0.05) is 12.4 Å². The number of pyridine rings is 1. The molecule has 3 heteroatoms. The molecule has 0 aliphatic carbocycles. The van der Waals surface area contributed by atoms with Crippen LogP contribution in [-0.4, -0.2) is 11.2 Å². The zero-order valence-corrected chi connectivity index (χ0v) is 14.3. The van der Waals surface area contributed by atoms with Crippen LogP contribution in [0.4, 0.5) is 0 Å². The Hall–Kier alpha value is -1.44. The summed E-state index contributed by atoms with van der Waals surface area (Å²) in [7, 11) is 0. The second-order valence-corrected chi connectivity index (χ2v) is 4.63. The summed E-state index contributed by atoms with van der Waals surface area (Å²) in [6, 6.07) is 16.4. The minimum atomic E-state index is 0. The molecule has 0 bridgehead atoms. The molecule has 2 nitrogen and oxygen atoms in total. The van der Waals surface area contributed by atoms with Crippen LogP contribution in [0.2, 0.25) is 0 Å². The summed E-state index contributed by atoms with van der Waals surface area (Å²) < 4.78 is 0. The quantitative estimate of drug-likeness (QED) is 0.451. The Labute approximate surface area is 140 Å². The van der Waals surface area contributed by atoms with E-state index in [2.05, 4.69) is 48.1 Å². The molecule has 1 unspecified atom stereocenters. The van der Waals surface area contributed by atoms with Crippen molar-refractivity contribution in [2.24, 2.45) is 10.9 Å². The summed E-state index contributed by atoms with van der Waals surface area (Å²) in [5.41, 5.74) is 2.15. The van der Waals surface area contributed by atoms with Crippen LogP contribution in [0.3, 0.4) is 0 Å². The zero-order valence-electron chi connectivity index (χ0n) is 13.2. The van der Waals surface area contributed by atoms with Gasteiger partial charge in [0.1, 0.15) is 0 Å². The van der Waals surface area contributed by atoms with E-state index in [9.17, 15) is 0 Å². The van der Waals surface area contributed by atoms with Gasteiger partial charge in [-0.3, -0.25) is 9.98 Å². The van der Waals surface area contributed by atoms with Gasteiger partial charge >= 0.3 is 17.1 Å². The fraction of sp³-hybridized carbons (Fsp3) is 0.222. The van der Waals surface area contributed by atoms with Gasteiger partial charge in [-0.15, -0.1) is 0 Å². The van der Waals surface area contributed by atoms with E-state index in [1.54, 1.807) is 6.20 Å². The normalized spacial score (nSPS) is 11.2. The molecule has 1 aromatic carbocycles. The molecule has 0 saturated heterocycles. The van der Waals surface area contributed by atoms with Crippen LogP contribution in [0.25, 0.3) is 0 Å². The van der Waals surface area contributed by atoms with E-state index in [-0.39, 0.29) is 38.0 Å². The van der Waals surface area contributed by atoms with Gasteiger partial charge in [-0.05, 0) is 23.6 Å². The van der Waals surface area contributed by atoms with Crippen molar-refractivity contribution in [3.05, 3.63) is 80.8 Å². The number of hydrogen-bond acceptors (Lipinski definition) is 2. The first-order valence-electron chi connectivity index (χ1n) is 6.26. The molecule has 2 rings (SSSR count). The van der Waals surface area contributed by atoms with Crippen molar-refractivity contribution in [3.8, 4) is 0 Å². The van der Waals surface area contributed by atoms with Crippen LogP contribution in [0.5, 0.6) is 0 Å². The molecule has 0 aliphatic heterocycles. The third-order valence-corrected chi connectivity index (χ3v) is 2.83. The minimum Gasteiger partial charge on any atom is -0.358 e. The van der Waals surface area contributed by atoms with Gasteiger partial charge in [0.2, 0.25) is 0 Å². The predicted molar refractivity (Wildman–Crippen MR) is 88.7 cm³/mol. The van der Waals surface area contributed by atoms with E-state index in [4.69, 9.17) is 0 Å². The first-order chi connectivity index (χ1) is 8.77. The summed E-state index contributed by atoms with van der Waals surface area (Å²) in [5.74, 6) is 0.465. The Balaban J connectivity index is 0. The molecule has 114 valence electrons. The van der Waals surface area contributed by atoms with E-state index in [0.717, 1.165) is 5.69 Å². The second kappa shape index (κ2) is 11.2. The summed E-state index contributed by atoms with van der Waals surface area (Å²) in [6.45, 7) is 4.38. The van der Waals surface area contributed by atoms with Crippen LogP contribution in [0.15, 0.2) is 59.7 Å². The number of hydrogen-bond donors (Lipinski definition) is 0. The van der Waals surface area contributed by atoms with Crippen molar-refractivity contribution in [2.45, 2.75) is 19.9 Å². The SMILES string of the molecule is CC(C)C(N=Cc1ccccn1)c1ccccc1.[CH3-].[CH3-].[Fe+2]. The average Bonchev–Trinajstić information content (AvgIpc) is 2.41. The van der Waals surface area contributed by atoms with E-state index >= 15 is 0 Å². The molecule has 0 aliphatic rings. The van der Waals surface area contributed by atoms with Crippen molar-refractivity contribution >= 4 is 6.21 Å². The molecule has 0 amide bonds. The summed E-state index contributed by atoms with van der Waals surface area (Å²) >= 11 is 0. The van der Waals surface area contributed by atoms with Crippen molar-refractivity contribution in [3.63, 3.8) is 0 Å². The summed E-state index contributed by atoms with van der Waals surface area (Å²) in [6.07, 6.45) is 3.64. The number of rotatable bonds is 4. The van der Waals surface area contributed by atoms with Gasteiger partial charge in [-0.25, -0.2) is 0 Å². The first kappa shape index (κ1) is 21.9. The fourth-order valence-corrected chi connectivity index (χ4v) is 1.90. The molecule has 1 atom stereocenters. The van der Waals surface area contributed by atoms with Crippen LogP contribution in [-0.2, 0) is 17.1 Å². The average molecular weight is 324 g/mol. The summed E-state index contributed by atoms with van der Waals surface area (Å²) in [4.78, 5) is 8.93. The van der Waals surface area contributed by atoms with Crippen molar-refractivity contribution in [1.29, 1.82) is 0 Å². The molecule has 0 fully saturated rings. The van der Waals surface area contributed by atoms with E-state index < -0.39 is 0 Å². The number of benzene rings is 1. The monoisotopic (exact) mass is 324 g/mol. The molecule has 0 saturated carbocycles. The van der Waals surface area contributed by atoms with E-state index in [1.165, 1.54) is 5.56 Å². The van der Waals surface area contributed by atoms with Gasteiger partial charge < -0.3 is 14.9 Å². The van der Waals surface area contributed by atoms with Crippen molar-refractivity contribution in [2.75, 3.05) is 0 Å². The van der Waals surface area contributed by atoms with Crippen LogP contribution in [0, 0.1) is 20.8 Å². The van der Waals surface area contributed by atoms with Gasteiger partial charge in [-0.2, -0.15) is 0 Å². The maximum atomic E-state index is 4.68. The Morgan fingerprint density at radius 2 is 1.57 bits per heavy atom. The molecular formula is C18H24FeN2. The standard InChI is InChI=1S/C16H18N2.2CH3.Fe/c1-13(2)16(14-8-4-3-5-9-14)18-12-15-10-6-7-11-17-15;;;/h3-13,16H,1-2H3;2*1H3;/q;2*-1;+2. The van der Waals surface area contributed by atoms with Crippen LogP contribution < -0.4 is 0 Å². The summed E-state index contributed by atoms with van der Waals surface area (Å²) in [5, 5.41) is 0. The van der Waals surface area contributed by atoms with Gasteiger partial charge in [0.05, 0.1) is 11.7 Å². The van der Waals surface area contributed by atoms with E-state index in [0.29, 0.717) is 5.92 Å². The van der Waals surface area contributed by atoms with E-state index in [1.807, 2.05) is 30.5 Å².